The van der Waals surface area contributed by atoms with Gasteiger partial charge >= 0.3 is 0 Å². The van der Waals surface area contributed by atoms with Crippen molar-refractivity contribution in [2.75, 3.05) is 0 Å². The van der Waals surface area contributed by atoms with Gasteiger partial charge in [-0.3, -0.25) is 4.63 Å². The van der Waals surface area contributed by atoms with E-state index >= 15 is 0 Å². The molecule has 0 radical (unpaired) electrons. The van der Waals surface area contributed by atoms with Crippen molar-refractivity contribution >= 4 is 34.2 Å². The molecule has 0 spiro atoms. The summed E-state index contributed by atoms with van der Waals surface area (Å²) in [4.78, 5) is 0.307. The van der Waals surface area contributed by atoms with Crippen LogP contribution in [0.2, 0.25) is 10.0 Å². The van der Waals surface area contributed by atoms with Crippen LogP contribution in [0.1, 0.15) is 0 Å². The Labute approximate surface area is 117 Å². The van der Waals surface area contributed by atoms with Crippen LogP contribution in [0, 0.1) is 5.21 Å². The molecule has 0 N–H and O–H groups in total. The van der Waals surface area contributed by atoms with Gasteiger partial charge in [0.05, 0.1) is 10.2 Å². The number of hydrogen-bond donors (Lipinski definition) is 0. The minimum atomic E-state index is 0.274. The topological polar surface area (TPSA) is 62.2 Å². The fourth-order valence-corrected chi connectivity index (χ4v) is 1.97. The van der Waals surface area contributed by atoms with E-state index in [1.54, 1.807) is 36.4 Å². The molecule has 7 heteroatoms. The highest BCUT2D eigenvalue weighted by molar-refractivity contribution is 6.42. The summed E-state index contributed by atoms with van der Waals surface area (Å²) in [6, 6.07) is 9.91. The van der Waals surface area contributed by atoms with Gasteiger partial charge in [-0.2, -0.15) is 0 Å². The summed E-state index contributed by atoms with van der Waals surface area (Å²) >= 11 is 11.9. The molecule has 0 bridgehead atoms. The SMILES string of the molecule is [O-][n+]1onc2c(Oc3cccc(Cl)c3Cl)cccc21. The van der Waals surface area contributed by atoms with E-state index in [2.05, 4.69) is 9.79 Å². The van der Waals surface area contributed by atoms with Crippen LogP contribution in [0.3, 0.4) is 0 Å². The number of hydrogen-bond acceptors (Lipinski definition) is 4. The van der Waals surface area contributed by atoms with Gasteiger partial charge in [-0.1, -0.05) is 35.3 Å². The molecule has 96 valence electrons. The third-order valence-corrected chi connectivity index (χ3v) is 3.32. The van der Waals surface area contributed by atoms with Gasteiger partial charge in [-0.05, 0) is 29.2 Å². The number of rotatable bonds is 2. The predicted molar refractivity (Wildman–Crippen MR) is 69.5 cm³/mol. The standard InChI is InChI=1S/C12H6Cl2N2O3/c13-7-3-1-5-9(11(7)14)18-10-6-2-4-8-12(10)15-19-16(8)17/h1-6H. The molecule has 0 atom stereocenters. The first-order chi connectivity index (χ1) is 9.16. The van der Waals surface area contributed by atoms with Gasteiger partial charge in [0.25, 0.3) is 5.52 Å². The molecular formula is C12H6Cl2N2O3. The summed E-state index contributed by atoms with van der Waals surface area (Å²) in [5, 5.41) is 15.6. The smallest absolute Gasteiger partial charge is 0.290 e. The average Bonchev–Trinajstić information content (AvgIpc) is 2.78. The fraction of sp³-hybridized carbons (Fsp3) is 0. The normalized spacial score (nSPS) is 10.8. The molecule has 1 aromatic heterocycles. The molecule has 0 aliphatic heterocycles. The summed E-state index contributed by atoms with van der Waals surface area (Å²) in [6.45, 7) is 0. The van der Waals surface area contributed by atoms with Gasteiger partial charge in [0.15, 0.2) is 5.75 Å². The molecule has 19 heavy (non-hydrogen) atoms. The number of benzene rings is 2. The van der Waals surface area contributed by atoms with Crippen LogP contribution in [0.5, 0.6) is 11.5 Å². The van der Waals surface area contributed by atoms with Crippen molar-refractivity contribution < 1.29 is 14.3 Å². The third-order valence-electron chi connectivity index (χ3n) is 2.52. The number of aromatic nitrogens is 2. The second-order valence-electron chi connectivity index (χ2n) is 3.71. The largest absolute Gasteiger partial charge is 0.451 e. The average molecular weight is 297 g/mol. The first kappa shape index (κ1) is 12.1. The van der Waals surface area contributed by atoms with Gasteiger partial charge in [0.2, 0.25) is 5.52 Å². The monoisotopic (exact) mass is 296 g/mol. The van der Waals surface area contributed by atoms with E-state index in [1.807, 2.05) is 0 Å². The van der Waals surface area contributed by atoms with Gasteiger partial charge in [-0.15, -0.1) is 0 Å². The molecule has 3 aromatic rings. The Bertz CT molecular complexity index is 758. The lowest BCUT2D eigenvalue weighted by atomic mass is 10.3. The second-order valence-corrected chi connectivity index (χ2v) is 4.49. The van der Waals surface area contributed by atoms with E-state index in [1.165, 1.54) is 0 Å². The Morgan fingerprint density at radius 1 is 1.11 bits per heavy atom. The highest BCUT2D eigenvalue weighted by Crippen LogP contribution is 2.36. The maximum Gasteiger partial charge on any atom is 0.290 e. The highest BCUT2D eigenvalue weighted by atomic mass is 35.5. The van der Waals surface area contributed by atoms with Crippen molar-refractivity contribution in [1.82, 2.24) is 5.16 Å². The van der Waals surface area contributed by atoms with Crippen LogP contribution < -0.4 is 9.64 Å². The number of ether oxygens (including phenoxy) is 1. The molecule has 0 saturated carbocycles. The lowest BCUT2D eigenvalue weighted by molar-refractivity contribution is -0.782. The predicted octanol–water partition coefficient (Wildman–Crippen LogP) is 3.56. The summed E-state index contributed by atoms with van der Waals surface area (Å²) < 4.78 is 10.1. The highest BCUT2D eigenvalue weighted by Gasteiger charge is 2.16. The lowest BCUT2D eigenvalue weighted by Gasteiger charge is -2.06. The van der Waals surface area contributed by atoms with Crippen molar-refractivity contribution in [1.29, 1.82) is 0 Å². The molecule has 1 heterocycles. The zero-order valence-electron chi connectivity index (χ0n) is 9.34. The summed E-state index contributed by atoms with van der Waals surface area (Å²) in [5.41, 5.74) is 0.587. The number of halogens is 2. The fourth-order valence-electron chi connectivity index (χ4n) is 1.64. The van der Waals surface area contributed by atoms with E-state index in [4.69, 9.17) is 27.9 Å². The van der Waals surface area contributed by atoms with Gasteiger partial charge in [0, 0.05) is 0 Å². The van der Waals surface area contributed by atoms with E-state index in [0.717, 1.165) is 0 Å². The van der Waals surface area contributed by atoms with Crippen molar-refractivity contribution in [3.63, 3.8) is 0 Å². The molecule has 0 unspecified atom stereocenters. The number of fused-ring (bicyclic) bond motifs is 1. The van der Waals surface area contributed by atoms with Gasteiger partial charge < -0.3 is 9.94 Å². The van der Waals surface area contributed by atoms with Crippen LogP contribution in [0.4, 0.5) is 0 Å². The molecular weight excluding hydrogens is 291 g/mol. The Hall–Kier alpha value is -1.98. The molecule has 5 nitrogen and oxygen atoms in total. The lowest BCUT2D eigenvalue weighted by Crippen LogP contribution is -2.22. The Balaban J connectivity index is 2.08. The molecule has 0 saturated heterocycles. The van der Waals surface area contributed by atoms with Crippen LogP contribution in [-0.2, 0) is 0 Å². The minimum Gasteiger partial charge on any atom is -0.451 e. The van der Waals surface area contributed by atoms with E-state index in [0.29, 0.717) is 32.0 Å². The Morgan fingerprint density at radius 3 is 2.68 bits per heavy atom. The quantitative estimate of drug-likeness (QED) is 0.678. The molecule has 0 amide bonds. The zero-order valence-corrected chi connectivity index (χ0v) is 10.9. The molecule has 0 aliphatic rings. The van der Waals surface area contributed by atoms with Crippen LogP contribution >= 0.6 is 23.2 Å². The van der Waals surface area contributed by atoms with E-state index < -0.39 is 0 Å². The summed E-state index contributed by atoms with van der Waals surface area (Å²) in [6.07, 6.45) is 0. The zero-order chi connectivity index (χ0) is 13.4. The third kappa shape index (κ3) is 2.07. The van der Waals surface area contributed by atoms with E-state index in [9.17, 15) is 5.21 Å². The molecule has 0 fully saturated rings. The molecule has 3 rings (SSSR count). The van der Waals surface area contributed by atoms with Crippen LogP contribution in [0.25, 0.3) is 11.0 Å². The minimum absolute atomic E-state index is 0.274. The second kappa shape index (κ2) is 4.60. The molecule has 2 aromatic carbocycles. The van der Waals surface area contributed by atoms with Crippen molar-refractivity contribution in [3.05, 3.63) is 51.7 Å². The van der Waals surface area contributed by atoms with Crippen molar-refractivity contribution in [2.45, 2.75) is 0 Å². The molecule has 0 aliphatic carbocycles. The first-order valence-corrected chi connectivity index (χ1v) is 6.03. The van der Waals surface area contributed by atoms with Crippen molar-refractivity contribution in [3.8, 4) is 11.5 Å². The Kier molecular flexibility index (Phi) is 2.93. The van der Waals surface area contributed by atoms with Crippen molar-refractivity contribution in [2.24, 2.45) is 0 Å². The maximum absolute atomic E-state index is 11.3. The number of nitrogens with zero attached hydrogens (tertiary/aromatic N) is 2. The van der Waals surface area contributed by atoms with Gasteiger partial charge in [0.1, 0.15) is 10.8 Å². The maximum atomic E-state index is 11.3. The van der Waals surface area contributed by atoms with Gasteiger partial charge in [-0.25, -0.2) is 0 Å². The van der Waals surface area contributed by atoms with Crippen LogP contribution in [0.15, 0.2) is 41.0 Å². The Morgan fingerprint density at radius 2 is 1.84 bits per heavy atom. The summed E-state index contributed by atoms with van der Waals surface area (Å²) in [5.74, 6) is 0.738. The summed E-state index contributed by atoms with van der Waals surface area (Å²) in [7, 11) is 0. The van der Waals surface area contributed by atoms with Crippen LogP contribution in [-0.4, -0.2) is 5.16 Å². The van der Waals surface area contributed by atoms with E-state index in [-0.39, 0.29) is 5.52 Å². The first-order valence-electron chi connectivity index (χ1n) is 5.27.